The van der Waals surface area contributed by atoms with Crippen molar-refractivity contribution in [3.8, 4) is 6.07 Å². The number of rotatable bonds is 2. The van der Waals surface area contributed by atoms with Gasteiger partial charge in [0.25, 0.3) is 0 Å². The second-order valence-electron chi connectivity index (χ2n) is 5.82. The summed E-state index contributed by atoms with van der Waals surface area (Å²) in [6.45, 7) is 8.08. The van der Waals surface area contributed by atoms with Crippen LogP contribution in [0.3, 0.4) is 0 Å². The lowest BCUT2D eigenvalue weighted by atomic mass is 10.00. The number of carbonyl (C=O) groups is 2. The summed E-state index contributed by atoms with van der Waals surface area (Å²) in [7, 11) is 0. The predicted octanol–water partition coefficient (Wildman–Crippen LogP) is 2.40. The maximum atomic E-state index is 12.0. The fraction of sp³-hybridized carbons (Fsp3) is 0.667. The van der Waals surface area contributed by atoms with E-state index in [0.29, 0.717) is 25.0 Å². The highest BCUT2D eigenvalue weighted by Gasteiger charge is 2.28. The lowest BCUT2D eigenvalue weighted by Crippen LogP contribution is -2.41. The predicted molar refractivity (Wildman–Crippen MR) is 76.3 cm³/mol. The van der Waals surface area contributed by atoms with Gasteiger partial charge in [0, 0.05) is 13.1 Å². The quantitative estimate of drug-likeness (QED) is 0.444. The molecule has 0 aromatic heterocycles. The first-order valence-corrected chi connectivity index (χ1v) is 7.05. The normalized spacial score (nSPS) is 17.8. The monoisotopic (exact) mass is 294 g/mol. The Kier molecular flexibility index (Phi) is 5.77. The van der Waals surface area contributed by atoms with Crippen molar-refractivity contribution >= 4 is 12.1 Å². The molecule has 1 rings (SSSR count). The highest BCUT2D eigenvalue weighted by molar-refractivity contribution is 5.93. The first-order chi connectivity index (χ1) is 9.78. The van der Waals surface area contributed by atoms with Crippen molar-refractivity contribution in [2.45, 2.75) is 46.1 Å². The standard InChI is InChI=1S/C15H22N2O4/c1-5-20-13(18)12(9-16)11-7-6-8-17(10-11)14(19)21-15(2,3)4/h5-8,10H2,1-4H3/b12-11+. The van der Waals surface area contributed by atoms with E-state index in [1.165, 1.54) is 4.90 Å². The van der Waals surface area contributed by atoms with Crippen LogP contribution in [0.15, 0.2) is 11.1 Å². The summed E-state index contributed by atoms with van der Waals surface area (Å²) < 4.78 is 10.2. The van der Waals surface area contributed by atoms with Gasteiger partial charge in [0.15, 0.2) is 0 Å². The van der Waals surface area contributed by atoms with Gasteiger partial charge in [0.1, 0.15) is 17.2 Å². The van der Waals surface area contributed by atoms with Gasteiger partial charge in [-0.25, -0.2) is 9.59 Å². The van der Waals surface area contributed by atoms with Crippen LogP contribution in [0, 0.1) is 11.3 Å². The summed E-state index contributed by atoms with van der Waals surface area (Å²) in [5.74, 6) is -0.624. The van der Waals surface area contributed by atoms with Crippen LogP contribution in [0.2, 0.25) is 0 Å². The van der Waals surface area contributed by atoms with E-state index in [1.54, 1.807) is 27.7 Å². The van der Waals surface area contributed by atoms with Crippen molar-refractivity contribution in [2.24, 2.45) is 0 Å². The Morgan fingerprint density at radius 3 is 2.57 bits per heavy atom. The Morgan fingerprint density at radius 1 is 1.38 bits per heavy atom. The molecule has 0 atom stereocenters. The smallest absolute Gasteiger partial charge is 0.410 e. The summed E-state index contributed by atoms with van der Waals surface area (Å²) >= 11 is 0. The molecule has 0 bridgehead atoms. The summed E-state index contributed by atoms with van der Waals surface area (Å²) in [6, 6.07) is 1.89. The Hall–Kier alpha value is -2.03. The number of amides is 1. The maximum Gasteiger partial charge on any atom is 0.410 e. The van der Waals surface area contributed by atoms with E-state index in [2.05, 4.69) is 0 Å². The zero-order valence-electron chi connectivity index (χ0n) is 13.1. The van der Waals surface area contributed by atoms with Crippen LogP contribution in [-0.4, -0.2) is 42.3 Å². The molecule has 0 spiro atoms. The highest BCUT2D eigenvalue weighted by Crippen LogP contribution is 2.22. The molecule has 1 aliphatic rings. The number of nitriles is 1. The average molecular weight is 294 g/mol. The SMILES string of the molecule is CCOC(=O)/C(C#N)=C1\CCCN(C(=O)OC(C)(C)C)C1. The molecule has 0 N–H and O–H groups in total. The van der Waals surface area contributed by atoms with Gasteiger partial charge in [-0.1, -0.05) is 0 Å². The Labute approximate surface area is 125 Å². The number of piperidine rings is 1. The van der Waals surface area contributed by atoms with Crippen molar-refractivity contribution < 1.29 is 19.1 Å². The zero-order valence-corrected chi connectivity index (χ0v) is 13.1. The molecule has 1 amide bonds. The van der Waals surface area contributed by atoms with Gasteiger partial charge in [0.05, 0.1) is 6.61 Å². The molecule has 0 aliphatic carbocycles. The van der Waals surface area contributed by atoms with Crippen molar-refractivity contribution in [3.63, 3.8) is 0 Å². The number of hydrogen-bond donors (Lipinski definition) is 0. The van der Waals surface area contributed by atoms with E-state index in [9.17, 15) is 9.59 Å². The third-order valence-electron chi connectivity index (χ3n) is 2.88. The Morgan fingerprint density at radius 2 is 2.05 bits per heavy atom. The summed E-state index contributed by atoms with van der Waals surface area (Å²) in [6.07, 6.45) is 0.876. The minimum Gasteiger partial charge on any atom is -0.462 e. The molecule has 116 valence electrons. The van der Waals surface area contributed by atoms with Gasteiger partial charge in [-0.05, 0) is 46.1 Å². The molecular weight excluding hydrogens is 272 g/mol. The third-order valence-corrected chi connectivity index (χ3v) is 2.88. The molecule has 1 fully saturated rings. The molecular formula is C15H22N2O4. The fourth-order valence-electron chi connectivity index (χ4n) is 2.03. The molecule has 0 aromatic carbocycles. The van der Waals surface area contributed by atoms with E-state index < -0.39 is 17.7 Å². The third kappa shape index (κ3) is 5.10. The molecule has 6 nitrogen and oxygen atoms in total. The van der Waals surface area contributed by atoms with E-state index >= 15 is 0 Å². The lowest BCUT2D eigenvalue weighted by Gasteiger charge is -2.31. The first kappa shape index (κ1) is 17.0. The van der Waals surface area contributed by atoms with Crippen LogP contribution in [0.1, 0.15) is 40.5 Å². The fourth-order valence-corrected chi connectivity index (χ4v) is 2.03. The average Bonchev–Trinajstić information content (AvgIpc) is 2.38. The molecule has 0 radical (unpaired) electrons. The van der Waals surface area contributed by atoms with Gasteiger partial charge in [0.2, 0.25) is 0 Å². The van der Waals surface area contributed by atoms with Crippen LogP contribution >= 0.6 is 0 Å². The number of ether oxygens (including phenoxy) is 2. The molecule has 0 aromatic rings. The number of nitrogens with zero attached hydrogens (tertiary/aromatic N) is 2. The van der Waals surface area contributed by atoms with Crippen molar-refractivity contribution in [1.29, 1.82) is 5.26 Å². The summed E-state index contributed by atoms with van der Waals surface area (Å²) in [5.41, 5.74) is 0.0654. The van der Waals surface area contributed by atoms with E-state index in [4.69, 9.17) is 14.7 Å². The second kappa shape index (κ2) is 7.11. The van der Waals surface area contributed by atoms with E-state index in [0.717, 1.165) is 0 Å². The highest BCUT2D eigenvalue weighted by atomic mass is 16.6. The minimum atomic E-state index is -0.624. The van der Waals surface area contributed by atoms with Gasteiger partial charge < -0.3 is 14.4 Å². The molecule has 21 heavy (non-hydrogen) atoms. The molecule has 1 saturated heterocycles. The van der Waals surface area contributed by atoms with Crippen molar-refractivity contribution in [3.05, 3.63) is 11.1 Å². The van der Waals surface area contributed by atoms with Gasteiger partial charge in [-0.3, -0.25) is 0 Å². The number of esters is 1. The molecule has 0 saturated carbocycles. The minimum absolute atomic E-state index is 0.00473. The van der Waals surface area contributed by atoms with Gasteiger partial charge in [-0.15, -0.1) is 0 Å². The van der Waals surface area contributed by atoms with Gasteiger partial charge >= 0.3 is 12.1 Å². The van der Waals surface area contributed by atoms with Crippen LogP contribution < -0.4 is 0 Å². The number of hydrogen-bond acceptors (Lipinski definition) is 5. The number of likely N-dealkylation sites (tertiary alicyclic amines) is 1. The largest absolute Gasteiger partial charge is 0.462 e. The van der Waals surface area contributed by atoms with Crippen LogP contribution in [0.5, 0.6) is 0 Å². The Balaban J connectivity index is 2.86. The molecule has 6 heteroatoms. The topological polar surface area (TPSA) is 79.6 Å². The zero-order chi connectivity index (χ0) is 16.0. The van der Waals surface area contributed by atoms with Gasteiger partial charge in [-0.2, -0.15) is 5.26 Å². The number of carbonyl (C=O) groups excluding carboxylic acids is 2. The van der Waals surface area contributed by atoms with E-state index in [-0.39, 0.29) is 18.7 Å². The molecule has 1 heterocycles. The van der Waals surface area contributed by atoms with E-state index in [1.807, 2.05) is 6.07 Å². The first-order valence-electron chi connectivity index (χ1n) is 7.05. The van der Waals surface area contributed by atoms with Crippen molar-refractivity contribution in [2.75, 3.05) is 19.7 Å². The van der Waals surface area contributed by atoms with Crippen LogP contribution in [0.25, 0.3) is 0 Å². The lowest BCUT2D eigenvalue weighted by molar-refractivity contribution is -0.138. The van der Waals surface area contributed by atoms with Crippen LogP contribution in [0.4, 0.5) is 4.79 Å². The maximum absolute atomic E-state index is 12.0. The summed E-state index contributed by atoms with van der Waals surface area (Å²) in [5, 5.41) is 9.14. The Bertz CT molecular complexity index is 483. The summed E-state index contributed by atoms with van der Waals surface area (Å²) in [4.78, 5) is 25.3. The molecule has 1 aliphatic heterocycles. The van der Waals surface area contributed by atoms with Crippen LogP contribution in [-0.2, 0) is 14.3 Å². The second-order valence-corrected chi connectivity index (χ2v) is 5.82. The molecule has 0 unspecified atom stereocenters. The van der Waals surface area contributed by atoms with Crippen molar-refractivity contribution in [1.82, 2.24) is 4.90 Å².